The Morgan fingerprint density at radius 2 is 1.88 bits per heavy atom. The molecular weight excluding hydrogens is 231 g/mol. The molecule has 0 aliphatic carbocycles. The first-order valence-electron chi connectivity index (χ1n) is 5.47. The van der Waals surface area contributed by atoms with Gasteiger partial charge in [-0.1, -0.05) is 24.3 Å². The molecule has 0 aromatic heterocycles. The standard InChI is InChI=1S/C12H16F3NO/c13-12(14,15)5-2-6-16-8-10-3-1-4-11(7-10)9-17/h1,3-4,7,16-17H,2,5-6,8-9H2. The molecule has 0 radical (unpaired) electrons. The van der Waals surface area contributed by atoms with Crippen molar-refractivity contribution in [2.45, 2.75) is 32.2 Å². The minimum atomic E-state index is -4.07. The lowest BCUT2D eigenvalue weighted by molar-refractivity contribution is -0.135. The maximum atomic E-state index is 11.8. The first-order valence-corrected chi connectivity index (χ1v) is 5.47. The molecule has 0 saturated carbocycles. The Morgan fingerprint density at radius 3 is 2.53 bits per heavy atom. The first-order chi connectivity index (χ1) is 8.01. The zero-order valence-corrected chi connectivity index (χ0v) is 9.43. The van der Waals surface area contributed by atoms with E-state index in [1.807, 2.05) is 18.2 Å². The van der Waals surface area contributed by atoms with E-state index in [4.69, 9.17) is 5.11 Å². The van der Waals surface area contributed by atoms with Gasteiger partial charge < -0.3 is 10.4 Å². The molecule has 17 heavy (non-hydrogen) atoms. The highest BCUT2D eigenvalue weighted by molar-refractivity contribution is 5.22. The topological polar surface area (TPSA) is 32.3 Å². The van der Waals surface area contributed by atoms with Crippen molar-refractivity contribution in [2.75, 3.05) is 6.54 Å². The van der Waals surface area contributed by atoms with E-state index in [1.165, 1.54) is 0 Å². The van der Waals surface area contributed by atoms with Gasteiger partial charge in [0, 0.05) is 13.0 Å². The SMILES string of the molecule is OCc1cccc(CNCCCC(F)(F)F)c1. The number of benzene rings is 1. The largest absolute Gasteiger partial charge is 0.392 e. The molecule has 0 aliphatic rings. The third-order valence-electron chi connectivity index (χ3n) is 2.32. The van der Waals surface area contributed by atoms with Crippen LogP contribution in [0.15, 0.2) is 24.3 Å². The molecule has 1 aromatic rings. The molecule has 2 N–H and O–H groups in total. The van der Waals surface area contributed by atoms with Gasteiger partial charge in [-0.25, -0.2) is 0 Å². The van der Waals surface area contributed by atoms with Crippen molar-refractivity contribution < 1.29 is 18.3 Å². The number of hydrogen-bond donors (Lipinski definition) is 2. The fourth-order valence-electron chi connectivity index (χ4n) is 1.48. The summed E-state index contributed by atoms with van der Waals surface area (Å²) < 4.78 is 35.5. The smallest absolute Gasteiger partial charge is 0.389 e. The Kier molecular flexibility index (Phi) is 5.44. The number of alkyl halides is 3. The average molecular weight is 247 g/mol. The van der Waals surface area contributed by atoms with Gasteiger partial charge in [-0.3, -0.25) is 0 Å². The molecular formula is C12H16F3NO. The summed E-state index contributed by atoms with van der Waals surface area (Å²) in [5.74, 6) is 0. The number of hydrogen-bond acceptors (Lipinski definition) is 2. The van der Waals surface area contributed by atoms with Gasteiger partial charge in [0.1, 0.15) is 0 Å². The van der Waals surface area contributed by atoms with Crippen LogP contribution in [0.25, 0.3) is 0 Å². The number of halogens is 3. The molecule has 0 saturated heterocycles. The third-order valence-corrected chi connectivity index (χ3v) is 2.32. The molecule has 2 nitrogen and oxygen atoms in total. The van der Waals surface area contributed by atoms with Gasteiger partial charge >= 0.3 is 6.18 Å². The minimum absolute atomic E-state index is 0.0259. The molecule has 0 unspecified atom stereocenters. The second kappa shape index (κ2) is 6.61. The highest BCUT2D eigenvalue weighted by atomic mass is 19.4. The van der Waals surface area contributed by atoms with Crippen LogP contribution in [0, 0.1) is 0 Å². The van der Waals surface area contributed by atoms with Gasteiger partial charge in [-0.05, 0) is 24.1 Å². The molecule has 0 spiro atoms. The van der Waals surface area contributed by atoms with Crippen LogP contribution in [0.1, 0.15) is 24.0 Å². The molecule has 0 atom stereocenters. The Hall–Kier alpha value is -1.07. The summed E-state index contributed by atoms with van der Waals surface area (Å²) in [6.07, 6.45) is -4.74. The van der Waals surface area contributed by atoms with Crippen LogP contribution in [0.4, 0.5) is 13.2 Å². The summed E-state index contributed by atoms with van der Waals surface area (Å²) in [5.41, 5.74) is 1.77. The van der Waals surface area contributed by atoms with Crippen molar-refractivity contribution >= 4 is 0 Å². The predicted octanol–water partition coefficient (Wildman–Crippen LogP) is 2.61. The van der Waals surface area contributed by atoms with Crippen LogP contribution in [0.3, 0.4) is 0 Å². The van der Waals surface area contributed by atoms with Gasteiger partial charge in [0.25, 0.3) is 0 Å². The van der Waals surface area contributed by atoms with E-state index in [2.05, 4.69) is 5.32 Å². The normalized spacial score (nSPS) is 11.8. The molecule has 5 heteroatoms. The lowest BCUT2D eigenvalue weighted by Gasteiger charge is -2.08. The summed E-state index contributed by atoms with van der Waals surface area (Å²) in [6.45, 7) is 0.830. The Labute approximate surface area is 98.5 Å². The second-order valence-electron chi connectivity index (χ2n) is 3.87. The lowest BCUT2D eigenvalue weighted by Crippen LogP contribution is -2.17. The van der Waals surface area contributed by atoms with Gasteiger partial charge in [0.05, 0.1) is 6.61 Å². The van der Waals surface area contributed by atoms with E-state index in [1.54, 1.807) is 6.07 Å². The van der Waals surface area contributed by atoms with Crippen LogP contribution in [-0.4, -0.2) is 17.8 Å². The van der Waals surface area contributed by atoms with Crippen molar-refractivity contribution in [3.63, 3.8) is 0 Å². The van der Waals surface area contributed by atoms with E-state index < -0.39 is 12.6 Å². The summed E-state index contributed by atoms with van der Waals surface area (Å²) in [4.78, 5) is 0. The third kappa shape index (κ3) is 6.28. The second-order valence-corrected chi connectivity index (χ2v) is 3.87. The molecule has 0 heterocycles. The number of aliphatic hydroxyl groups is 1. The first kappa shape index (κ1) is 14.0. The van der Waals surface area contributed by atoms with Gasteiger partial charge in [-0.2, -0.15) is 13.2 Å². The maximum Gasteiger partial charge on any atom is 0.389 e. The van der Waals surface area contributed by atoms with E-state index in [9.17, 15) is 13.2 Å². The molecule has 0 bridgehead atoms. The van der Waals surface area contributed by atoms with E-state index >= 15 is 0 Å². The van der Waals surface area contributed by atoms with Crippen molar-refractivity contribution in [1.82, 2.24) is 5.32 Å². The van der Waals surface area contributed by atoms with Gasteiger partial charge in [0.15, 0.2) is 0 Å². The Bertz CT molecular complexity index is 339. The van der Waals surface area contributed by atoms with Crippen LogP contribution in [0.2, 0.25) is 0 Å². The highest BCUT2D eigenvalue weighted by Gasteiger charge is 2.25. The van der Waals surface area contributed by atoms with Crippen LogP contribution >= 0.6 is 0 Å². The maximum absolute atomic E-state index is 11.8. The predicted molar refractivity (Wildman–Crippen MR) is 59.4 cm³/mol. The number of aliphatic hydroxyl groups excluding tert-OH is 1. The number of nitrogens with one attached hydrogen (secondary N) is 1. The average Bonchev–Trinajstić information content (AvgIpc) is 2.27. The van der Waals surface area contributed by atoms with E-state index in [-0.39, 0.29) is 13.0 Å². The summed E-state index contributed by atoms with van der Waals surface area (Å²) in [7, 11) is 0. The zero-order valence-electron chi connectivity index (χ0n) is 9.43. The summed E-state index contributed by atoms with van der Waals surface area (Å²) in [6, 6.07) is 7.32. The minimum Gasteiger partial charge on any atom is -0.392 e. The van der Waals surface area contributed by atoms with E-state index in [0.29, 0.717) is 13.1 Å². The Balaban J connectivity index is 2.22. The molecule has 1 aromatic carbocycles. The van der Waals surface area contributed by atoms with Gasteiger partial charge in [-0.15, -0.1) is 0 Å². The number of rotatable bonds is 6. The van der Waals surface area contributed by atoms with Crippen LogP contribution in [-0.2, 0) is 13.2 Å². The van der Waals surface area contributed by atoms with Crippen LogP contribution in [0.5, 0.6) is 0 Å². The van der Waals surface area contributed by atoms with Crippen molar-refractivity contribution in [3.05, 3.63) is 35.4 Å². The van der Waals surface area contributed by atoms with Crippen molar-refractivity contribution in [1.29, 1.82) is 0 Å². The fraction of sp³-hybridized carbons (Fsp3) is 0.500. The van der Waals surface area contributed by atoms with Crippen LogP contribution < -0.4 is 5.32 Å². The molecule has 0 fully saturated rings. The summed E-state index contributed by atoms with van der Waals surface area (Å²) in [5, 5.41) is 11.9. The molecule has 1 rings (SSSR count). The highest BCUT2D eigenvalue weighted by Crippen LogP contribution is 2.20. The van der Waals surface area contributed by atoms with Gasteiger partial charge in [0.2, 0.25) is 0 Å². The zero-order chi connectivity index (χ0) is 12.7. The fourth-order valence-corrected chi connectivity index (χ4v) is 1.48. The van der Waals surface area contributed by atoms with Crippen molar-refractivity contribution in [3.8, 4) is 0 Å². The summed E-state index contributed by atoms with van der Waals surface area (Å²) >= 11 is 0. The monoisotopic (exact) mass is 247 g/mol. The Morgan fingerprint density at radius 1 is 1.18 bits per heavy atom. The molecule has 0 amide bonds. The lowest BCUT2D eigenvalue weighted by atomic mass is 10.1. The van der Waals surface area contributed by atoms with Crippen molar-refractivity contribution in [2.24, 2.45) is 0 Å². The molecule has 96 valence electrons. The quantitative estimate of drug-likeness (QED) is 0.757. The van der Waals surface area contributed by atoms with E-state index in [0.717, 1.165) is 11.1 Å². The molecule has 0 aliphatic heterocycles.